The number of ether oxygens (including phenoxy) is 5. The fraction of sp³-hybridized carbons (Fsp3) is 0.594. The summed E-state index contributed by atoms with van der Waals surface area (Å²) in [5.74, 6) is 0.750. The second-order valence-electron chi connectivity index (χ2n) is 24.4. The third-order valence-electron chi connectivity index (χ3n) is 13.1. The summed E-state index contributed by atoms with van der Waals surface area (Å²) in [5.41, 5.74) is 1.85. The Kier molecular flexibility index (Phi) is 34.2. The fourth-order valence-corrected chi connectivity index (χ4v) is 8.38. The van der Waals surface area contributed by atoms with E-state index in [2.05, 4.69) is 98.5 Å². The van der Waals surface area contributed by atoms with Gasteiger partial charge in [0.05, 0.1) is 23.0 Å². The van der Waals surface area contributed by atoms with Gasteiger partial charge in [-0.25, -0.2) is 28.7 Å². The van der Waals surface area contributed by atoms with Crippen molar-refractivity contribution in [3.05, 3.63) is 71.8 Å². The number of aryl methyl sites for hydroxylation is 2. The first-order valence-electron chi connectivity index (χ1n) is 30.5. The molecule has 0 bridgehead atoms. The van der Waals surface area contributed by atoms with Gasteiger partial charge in [0.1, 0.15) is 31.3 Å². The van der Waals surface area contributed by atoms with Crippen molar-refractivity contribution in [3.63, 3.8) is 0 Å². The van der Waals surface area contributed by atoms with E-state index in [-0.39, 0.29) is 73.1 Å². The average Bonchev–Trinajstić information content (AvgIpc) is 2.23. The number of aliphatic carboxylic acids is 2. The Hall–Kier alpha value is -7.05. The minimum Gasteiger partial charge on any atom is -0.481 e. The summed E-state index contributed by atoms with van der Waals surface area (Å²) >= 11 is 0. The Morgan fingerprint density at radius 3 is 1.44 bits per heavy atom. The molecule has 6 aromatic rings. The van der Waals surface area contributed by atoms with Gasteiger partial charge in [-0.2, -0.15) is 20.6 Å². The maximum absolute atomic E-state index is 15.3. The number of nitrogens with two attached hydrogens (primary N) is 1. The lowest BCUT2D eigenvalue weighted by Crippen LogP contribution is -2.30. The predicted octanol–water partition coefficient (Wildman–Crippen LogP) is 15.7. The second kappa shape index (κ2) is 39.1. The zero-order chi connectivity index (χ0) is 66.2. The summed E-state index contributed by atoms with van der Waals surface area (Å²) < 4.78 is 68.5. The molecule has 6 rings (SSSR count). The van der Waals surface area contributed by atoms with Crippen LogP contribution in [0, 0.1) is 36.3 Å². The van der Waals surface area contributed by atoms with Gasteiger partial charge in [-0.05, 0) is 98.5 Å². The van der Waals surface area contributed by atoms with Crippen LogP contribution in [0.2, 0.25) is 25.7 Å². The van der Waals surface area contributed by atoms with Gasteiger partial charge in [-0.1, -0.05) is 124 Å². The highest BCUT2D eigenvalue weighted by molar-refractivity contribution is 6.76. The topological polar surface area (TPSA) is 271 Å². The highest BCUT2D eigenvalue weighted by Crippen LogP contribution is 2.31. The maximum atomic E-state index is 15.3. The number of carboxylic acids is 2. The van der Waals surface area contributed by atoms with E-state index in [9.17, 15) is 24.2 Å². The Labute approximate surface area is 520 Å². The molecule has 0 aliphatic rings. The number of carboxylic acid groups (broad SMARTS) is 2. The number of hydrogen-bond donors (Lipinski definition) is 4. The van der Waals surface area contributed by atoms with Crippen molar-refractivity contribution < 1.29 is 56.7 Å². The van der Waals surface area contributed by atoms with Crippen LogP contribution < -0.4 is 24.9 Å². The molecule has 490 valence electrons. The lowest BCUT2D eigenvalue weighted by molar-refractivity contribution is -0.149. The molecule has 0 spiro atoms. The van der Waals surface area contributed by atoms with Crippen LogP contribution in [0.25, 0.3) is 45.3 Å². The van der Waals surface area contributed by atoms with Crippen LogP contribution >= 0.6 is 0 Å². The molecule has 0 amide bonds. The standard InChI is InChI=1S/C27H38FN5O5Si.C21H24FN5O4.2C8H18.FH2N/c1-17(2)38-26-31-24(32-33(26)16-36-9-10-39(6,7)8)23-21(28)12-19(13-30-23)20-14-29-22(11-18(20)3)37-15-27(4,5)25(34)35;1-11(2)31-20-25-18(26-27-20)17-15(22)7-13(8-24-17)14-9-23-16(6-12(14)3)30-10-21(4,5)19(28)29;2*1-3-5-7-8-6-4-2;1-2/h11-14,17H,9-10,15-16H2,1-8H3,(H,34,35);6-9,11H,10H2,1-5H3,(H,28,29)(H,25,26,27);2*3-8H2,1-2H3;2H2. The Morgan fingerprint density at radius 1 is 0.636 bits per heavy atom. The third-order valence-corrected chi connectivity index (χ3v) is 14.8. The van der Waals surface area contributed by atoms with Crippen LogP contribution in [-0.2, 0) is 21.1 Å². The van der Waals surface area contributed by atoms with Crippen molar-refractivity contribution >= 4 is 20.0 Å². The van der Waals surface area contributed by atoms with E-state index in [1.807, 2.05) is 41.5 Å². The number of hydrogen-bond acceptors (Lipinski definition) is 16. The number of halogens is 3. The average molecular weight is 1250 g/mol. The first-order chi connectivity index (χ1) is 41.6. The quantitative estimate of drug-likeness (QED) is 0.0179. The predicted molar refractivity (Wildman–Crippen MR) is 342 cm³/mol. The molecule has 0 saturated carbocycles. The van der Waals surface area contributed by atoms with Gasteiger partial charge in [-0.15, -0.1) is 14.7 Å². The molecule has 0 atom stereocenters. The highest BCUT2D eigenvalue weighted by Gasteiger charge is 2.30. The molecule has 5 N–H and O–H groups in total. The lowest BCUT2D eigenvalue weighted by Gasteiger charge is -2.19. The third kappa shape index (κ3) is 27.6. The molecule has 0 saturated heterocycles. The van der Waals surface area contributed by atoms with E-state index in [0.717, 1.165) is 17.2 Å². The van der Waals surface area contributed by atoms with E-state index in [1.54, 1.807) is 46.0 Å². The fourth-order valence-electron chi connectivity index (χ4n) is 7.63. The second-order valence-corrected chi connectivity index (χ2v) is 30.1. The summed E-state index contributed by atoms with van der Waals surface area (Å²) in [4.78, 5) is 47.9. The van der Waals surface area contributed by atoms with Crippen LogP contribution in [0.5, 0.6) is 23.8 Å². The van der Waals surface area contributed by atoms with Crippen molar-refractivity contribution in [1.82, 2.24) is 49.9 Å². The molecule has 0 fully saturated rings. The molecule has 6 heterocycles. The molecule has 0 aliphatic heterocycles. The molecule has 0 aromatic carbocycles. The monoisotopic (exact) mass is 1250 g/mol. The van der Waals surface area contributed by atoms with E-state index < -0.39 is 42.5 Å². The van der Waals surface area contributed by atoms with Crippen LogP contribution in [0.15, 0.2) is 49.1 Å². The minimum atomic E-state index is -1.24. The van der Waals surface area contributed by atoms with Crippen molar-refractivity contribution in [1.29, 1.82) is 0 Å². The number of nitrogens with one attached hydrogen (secondary N) is 1. The summed E-state index contributed by atoms with van der Waals surface area (Å²) in [6.45, 7) is 33.9. The van der Waals surface area contributed by atoms with Gasteiger partial charge in [0.25, 0.3) is 0 Å². The van der Waals surface area contributed by atoms with Crippen molar-refractivity contribution in [2.75, 3.05) is 19.8 Å². The summed E-state index contributed by atoms with van der Waals surface area (Å²) in [6.07, 6.45) is 22.9. The van der Waals surface area contributed by atoms with Gasteiger partial charge in [0, 0.05) is 73.9 Å². The smallest absolute Gasteiger partial charge is 0.336 e. The Morgan fingerprint density at radius 2 is 1.07 bits per heavy atom. The summed E-state index contributed by atoms with van der Waals surface area (Å²) in [6, 6.07) is 7.41. The van der Waals surface area contributed by atoms with Crippen LogP contribution in [0.4, 0.5) is 13.3 Å². The SMILES string of the molecule is CCCCCCCC.CCCCCCCC.Cc1cc(OCC(C)(C)C(=O)O)ncc1-c1cnc(-c2nc(OC(C)C)n(COCC[Si](C)(C)C)n2)c(F)c1.Cc1cc(OCC(C)(C)C(=O)O)ncc1-c1cnc(-c2nc(OC(C)C)n[nH]2)c(F)c1.NF. The number of nitrogens with zero attached hydrogens (tertiary/aromatic N) is 9. The van der Waals surface area contributed by atoms with Gasteiger partial charge in [-0.3, -0.25) is 14.7 Å². The van der Waals surface area contributed by atoms with Crippen molar-refractivity contribution in [2.45, 2.75) is 219 Å². The number of pyridine rings is 4. The molecule has 24 heteroatoms. The Balaban J connectivity index is 0.000000475. The number of carbonyl (C=O) groups is 2. The number of H-pyrrole nitrogens is 1. The molecule has 6 aromatic heterocycles. The van der Waals surface area contributed by atoms with E-state index in [1.165, 1.54) is 112 Å². The van der Waals surface area contributed by atoms with Gasteiger partial charge >= 0.3 is 24.0 Å². The number of aromatic nitrogens is 10. The molecular weight excluding hydrogens is 1150 g/mol. The van der Waals surface area contributed by atoms with Crippen molar-refractivity contribution in [3.8, 4) is 69.1 Å². The first kappa shape index (κ1) is 77.0. The minimum absolute atomic E-state index is 0.00493. The lowest BCUT2D eigenvalue weighted by atomic mass is 9.95. The number of unbranched alkanes of at least 4 members (excludes halogenated alkanes) is 10. The molecule has 0 aliphatic carbocycles. The molecule has 0 unspecified atom stereocenters. The number of aromatic amines is 1. The molecule has 0 radical (unpaired) electrons. The first-order valence-corrected chi connectivity index (χ1v) is 34.2. The van der Waals surface area contributed by atoms with E-state index in [0.29, 0.717) is 34.7 Å². The van der Waals surface area contributed by atoms with Crippen LogP contribution in [0.1, 0.15) is 171 Å². The van der Waals surface area contributed by atoms with Gasteiger partial charge in [0.2, 0.25) is 17.6 Å². The molecule has 88 heavy (non-hydrogen) atoms. The van der Waals surface area contributed by atoms with E-state index >= 15 is 4.39 Å². The van der Waals surface area contributed by atoms with Crippen LogP contribution in [-0.4, -0.2) is 112 Å². The van der Waals surface area contributed by atoms with Gasteiger partial charge < -0.3 is 33.9 Å². The molecule has 20 nitrogen and oxygen atoms in total. The summed E-state index contributed by atoms with van der Waals surface area (Å²) in [5, 5.41) is 29.4. The Bertz CT molecular complexity index is 2980. The largest absolute Gasteiger partial charge is 0.481 e. The maximum Gasteiger partial charge on any atom is 0.336 e. The van der Waals surface area contributed by atoms with Crippen LogP contribution in [0.3, 0.4) is 0 Å². The molecular formula is C64H100F3N11O9Si. The van der Waals surface area contributed by atoms with Crippen molar-refractivity contribution in [2.24, 2.45) is 16.8 Å². The normalized spacial score (nSPS) is 11.3. The van der Waals surface area contributed by atoms with E-state index in [4.69, 9.17) is 28.2 Å². The number of rotatable bonds is 31. The summed E-state index contributed by atoms with van der Waals surface area (Å²) in [7, 11) is -1.24. The zero-order valence-electron chi connectivity index (χ0n) is 55.3. The highest BCUT2D eigenvalue weighted by atomic mass is 28.3. The van der Waals surface area contributed by atoms with Gasteiger partial charge in [0.15, 0.2) is 17.5 Å². The zero-order valence-corrected chi connectivity index (χ0v) is 56.3.